The Morgan fingerprint density at radius 2 is 2.06 bits per heavy atom. The Labute approximate surface area is 104 Å². The van der Waals surface area contributed by atoms with Crippen LogP contribution in [0.15, 0.2) is 0 Å². The molecule has 0 aromatic heterocycles. The molecule has 98 valence electrons. The number of nitrogens with zero attached hydrogens (tertiary/aromatic N) is 1. The standard InChI is InChI=1S/C13H25N3O/c1-15-12(13(14)17)9-16-7-6-10-4-2-3-5-11(10)8-16/h10-12,15H,2-9H2,1H3,(H2,14,17). The molecular weight excluding hydrogens is 214 g/mol. The second kappa shape index (κ2) is 5.83. The molecule has 0 radical (unpaired) electrons. The van der Waals surface area contributed by atoms with Gasteiger partial charge in [0.25, 0.3) is 0 Å². The molecule has 17 heavy (non-hydrogen) atoms. The lowest BCUT2D eigenvalue weighted by Gasteiger charge is -2.42. The van der Waals surface area contributed by atoms with E-state index in [1.165, 1.54) is 32.1 Å². The van der Waals surface area contributed by atoms with E-state index in [4.69, 9.17) is 5.73 Å². The molecule has 1 aliphatic carbocycles. The van der Waals surface area contributed by atoms with Crippen molar-refractivity contribution in [2.45, 2.75) is 38.1 Å². The molecule has 1 saturated carbocycles. The summed E-state index contributed by atoms with van der Waals surface area (Å²) in [6.07, 6.45) is 6.91. The lowest BCUT2D eigenvalue weighted by Crippen LogP contribution is -2.51. The van der Waals surface area contributed by atoms with Crippen molar-refractivity contribution in [2.24, 2.45) is 17.6 Å². The highest BCUT2D eigenvalue weighted by Gasteiger charge is 2.32. The number of likely N-dealkylation sites (N-methyl/N-ethyl adjacent to an activating group) is 1. The van der Waals surface area contributed by atoms with E-state index in [-0.39, 0.29) is 11.9 Å². The first-order valence-corrected chi connectivity index (χ1v) is 6.89. The molecule has 2 rings (SSSR count). The van der Waals surface area contributed by atoms with Crippen LogP contribution in [0.25, 0.3) is 0 Å². The highest BCUT2D eigenvalue weighted by molar-refractivity contribution is 5.80. The molecule has 4 nitrogen and oxygen atoms in total. The average molecular weight is 239 g/mol. The van der Waals surface area contributed by atoms with Crippen LogP contribution in [-0.2, 0) is 4.79 Å². The highest BCUT2D eigenvalue weighted by Crippen LogP contribution is 2.35. The maximum Gasteiger partial charge on any atom is 0.235 e. The summed E-state index contributed by atoms with van der Waals surface area (Å²) in [5.74, 6) is 1.57. The van der Waals surface area contributed by atoms with Crippen molar-refractivity contribution in [1.82, 2.24) is 10.2 Å². The predicted octanol–water partition coefficient (Wildman–Crippen LogP) is 0.572. The van der Waals surface area contributed by atoms with Gasteiger partial charge < -0.3 is 16.0 Å². The van der Waals surface area contributed by atoms with Crippen molar-refractivity contribution < 1.29 is 4.79 Å². The number of likely N-dealkylation sites (tertiary alicyclic amines) is 1. The molecule has 3 unspecified atom stereocenters. The van der Waals surface area contributed by atoms with Gasteiger partial charge in [-0.15, -0.1) is 0 Å². The molecule has 1 heterocycles. The molecule has 3 atom stereocenters. The van der Waals surface area contributed by atoms with Crippen LogP contribution in [0.1, 0.15) is 32.1 Å². The summed E-state index contributed by atoms with van der Waals surface area (Å²) in [7, 11) is 1.81. The predicted molar refractivity (Wildman–Crippen MR) is 68.5 cm³/mol. The van der Waals surface area contributed by atoms with Gasteiger partial charge in [0.05, 0.1) is 6.04 Å². The number of nitrogens with one attached hydrogen (secondary N) is 1. The van der Waals surface area contributed by atoms with Crippen LogP contribution in [0, 0.1) is 11.8 Å². The van der Waals surface area contributed by atoms with Crippen molar-refractivity contribution in [3.8, 4) is 0 Å². The van der Waals surface area contributed by atoms with Gasteiger partial charge in [0.15, 0.2) is 0 Å². The first-order valence-electron chi connectivity index (χ1n) is 6.89. The second-order valence-corrected chi connectivity index (χ2v) is 5.60. The van der Waals surface area contributed by atoms with Gasteiger partial charge in [-0.3, -0.25) is 4.79 Å². The van der Waals surface area contributed by atoms with Gasteiger partial charge in [0, 0.05) is 13.1 Å². The Kier molecular flexibility index (Phi) is 4.40. The summed E-state index contributed by atoms with van der Waals surface area (Å²) >= 11 is 0. The van der Waals surface area contributed by atoms with Gasteiger partial charge in [0.2, 0.25) is 5.91 Å². The van der Waals surface area contributed by atoms with Gasteiger partial charge in [-0.2, -0.15) is 0 Å². The minimum atomic E-state index is -0.238. The van der Waals surface area contributed by atoms with E-state index in [9.17, 15) is 4.79 Å². The minimum Gasteiger partial charge on any atom is -0.368 e. The Hall–Kier alpha value is -0.610. The van der Waals surface area contributed by atoms with Crippen molar-refractivity contribution in [1.29, 1.82) is 0 Å². The number of nitrogens with two attached hydrogens (primary N) is 1. The zero-order valence-electron chi connectivity index (χ0n) is 10.8. The van der Waals surface area contributed by atoms with E-state index in [2.05, 4.69) is 10.2 Å². The lowest BCUT2D eigenvalue weighted by molar-refractivity contribution is -0.120. The van der Waals surface area contributed by atoms with Gasteiger partial charge in [-0.05, 0) is 38.3 Å². The molecule has 2 fully saturated rings. The third-order valence-corrected chi connectivity index (χ3v) is 4.51. The van der Waals surface area contributed by atoms with Crippen molar-refractivity contribution in [3.05, 3.63) is 0 Å². The van der Waals surface area contributed by atoms with Crippen LogP contribution in [0.3, 0.4) is 0 Å². The quantitative estimate of drug-likeness (QED) is 0.754. The van der Waals surface area contributed by atoms with Crippen LogP contribution >= 0.6 is 0 Å². The first-order chi connectivity index (χ1) is 8.20. The molecule has 4 heteroatoms. The fourth-order valence-corrected chi connectivity index (χ4v) is 3.42. The normalized spacial score (nSPS) is 31.8. The third kappa shape index (κ3) is 3.19. The fourth-order valence-electron chi connectivity index (χ4n) is 3.42. The van der Waals surface area contributed by atoms with E-state index < -0.39 is 0 Å². The molecular formula is C13H25N3O. The van der Waals surface area contributed by atoms with E-state index in [0.717, 1.165) is 31.5 Å². The SMILES string of the molecule is CNC(CN1CCC2CCCCC2C1)C(N)=O. The number of fused-ring (bicyclic) bond motifs is 1. The largest absolute Gasteiger partial charge is 0.368 e. The maximum absolute atomic E-state index is 11.2. The summed E-state index contributed by atoms with van der Waals surface area (Å²) in [6.45, 7) is 3.07. The van der Waals surface area contributed by atoms with E-state index >= 15 is 0 Å². The number of amides is 1. The Bertz CT molecular complexity index is 269. The summed E-state index contributed by atoms with van der Waals surface area (Å²) < 4.78 is 0. The molecule has 0 spiro atoms. The Balaban J connectivity index is 1.84. The number of piperidine rings is 1. The number of carbonyl (C=O) groups excluding carboxylic acids is 1. The number of hydrogen-bond donors (Lipinski definition) is 2. The zero-order valence-corrected chi connectivity index (χ0v) is 10.8. The van der Waals surface area contributed by atoms with Crippen LogP contribution in [0.2, 0.25) is 0 Å². The highest BCUT2D eigenvalue weighted by atomic mass is 16.1. The van der Waals surface area contributed by atoms with Crippen molar-refractivity contribution in [3.63, 3.8) is 0 Å². The van der Waals surface area contributed by atoms with Crippen molar-refractivity contribution >= 4 is 5.91 Å². The molecule has 1 saturated heterocycles. The molecule has 0 aromatic rings. The summed E-state index contributed by atoms with van der Waals surface area (Å²) in [5, 5.41) is 3.00. The average Bonchev–Trinajstić information content (AvgIpc) is 2.35. The maximum atomic E-state index is 11.2. The number of primary amides is 1. The van der Waals surface area contributed by atoms with Gasteiger partial charge >= 0.3 is 0 Å². The molecule has 2 aliphatic rings. The number of hydrogen-bond acceptors (Lipinski definition) is 3. The smallest absolute Gasteiger partial charge is 0.235 e. The minimum absolute atomic E-state index is 0.199. The second-order valence-electron chi connectivity index (χ2n) is 5.60. The lowest BCUT2D eigenvalue weighted by atomic mass is 9.75. The number of rotatable bonds is 4. The van der Waals surface area contributed by atoms with Crippen LogP contribution < -0.4 is 11.1 Å². The number of carbonyl (C=O) groups is 1. The topological polar surface area (TPSA) is 58.4 Å². The zero-order chi connectivity index (χ0) is 12.3. The Morgan fingerprint density at radius 3 is 2.71 bits per heavy atom. The van der Waals surface area contributed by atoms with Crippen LogP contribution in [0.4, 0.5) is 0 Å². The Morgan fingerprint density at radius 1 is 1.35 bits per heavy atom. The molecule has 1 aliphatic heterocycles. The van der Waals surface area contributed by atoms with E-state index in [0.29, 0.717) is 0 Å². The summed E-state index contributed by atoms with van der Waals surface area (Å²) in [4.78, 5) is 13.6. The van der Waals surface area contributed by atoms with E-state index in [1.54, 1.807) is 0 Å². The summed E-state index contributed by atoms with van der Waals surface area (Å²) in [5.41, 5.74) is 5.37. The molecule has 1 amide bonds. The van der Waals surface area contributed by atoms with Crippen LogP contribution in [-0.4, -0.2) is 43.5 Å². The molecule has 0 bridgehead atoms. The van der Waals surface area contributed by atoms with Gasteiger partial charge in [-0.25, -0.2) is 0 Å². The van der Waals surface area contributed by atoms with Crippen LogP contribution in [0.5, 0.6) is 0 Å². The van der Waals surface area contributed by atoms with Crippen molar-refractivity contribution in [2.75, 3.05) is 26.7 Å². The molecule has 0 aromatic carbocycles. The monoisotopic (exact) mass is 239 g/mol. The van der Waals surface area contributed by atoms with Gasteiger partial charge in [0.1, 0.15) is 0 Å². The van der Waals surface area contributed by atoms with E-state index in [1.807, 2.05) is 7.05 Å². The summed E-state index contributed by atoms with van der Waals surface area (Å²) in [6, 6.07) is -0.199. The fraction of sp³-hybridized carbons (Fsp3) is 0.923. The first kappa shape index (κ1) is 12.8. The molecule has 3 N–H and O–H groups in total. The van der Waals surface area contributed by atoms with Gasteiger partial charge in [-0.1, -0.05) is 19.3 Å². The third-order valence-electron chi connectivity index (χ3n) is 4.51.